The van der Waals surface area contributed by atoms with Crippen LogP contribution in [-0.2, 0) is 9.59 Å². The number of hydrogen-bond acceptors (Lipinski definition) is 6. The number of rotatable bonds is 7. The van der Waals surface area contributed by atoms with E-state index in [4.69, 9.17) is 0 Å². The number of piperidine rings is 1. The van der Waals surface area contributed by atoms with Gasteiger partial charge in [0.2, 0.25) is 17.8 Å². The summed E-state index contributed by atoms with van der Waals surface area (Å²) in [6.45, 7) is 7.45. The minimum absolute atomic E-state index is 0.0527. The molecule has 0 spiro atoms. The third-order valence-electron chi connectivity index (χ3n) is 5.78. The molecule has 0 aliphatic carbocycles. The van der Waals surface area contributed by atoms with Gasteiger partial charge in [0.1, 0.15) is 0 Å². The fourth-order valence-corrected chi connectivity index (χ4v) is 3.97. The Morgan fingerprint density at radius 1 is 1.25 bits per heavy atom. The van der Waals surface area contributed by atoms with Gasteiger partial charge in [0.15, 0.2) is 0 Å². The van der Waals surface area contributed by atoms with Gasteiger partial charge in [-0.3, -0.25) is 9.59 Å². The van der Waals surface area contributed by atoms with Crippen LogP contribution < -0.4 is 15.5 Å². The largest absolute Gasteiger partial charge is 0.356 e. The number of anilines is 1. The molecule has 2 fully saturated rings. The van der Waals surface area contributed by atoms with E-state index in [9.17, 15) is 9.59 Å². The second-order valence-corrected chi connectivity index (χ2v) is 7.80. The molecule has 2 saturated heterocycles. The van der Waals surface area contributed by atoms with E-state index in [1.807, 2.05) is 4.90 Å². The minimum Gasteiger partial charge on any atom is -0.356 e. The van der Waals surface area contributed by atoms with Crippen molar-refractivity contribution < 1.29 is 9.59 Å². The molecule has 8 nitrogen and oxygen atoms in total. The normalized spacial score (nSPS) is 21.2. The Balaban J connectivity index is 1.31. The average molecular weight is 389 g/mol. The number of piperazine rings is 1. The first-order valence-corrected chi connectivity index (χ1v) is 10.4. The van der Waals surface area contributed by atoms with Crippen molar-refractivity contribution in [2.45, 2.75) is 32.6 Å². The highest BCUT2D eigenvalue weighted by molar-refractivity contribution is 5.79. The summed E-state index contributed by atoms with van der Waals surface area (Å²) < 4.78 is 0. The van der Waals surface area contributed by atoms with Crippen molar-refractivity contribution in [3.05, 3.63) is 18.5 Å². The lowest BCUT2D eigenvalue weighted by molar-refractivity contribution is -0.131. The number of nitrogens with one attached hydrogen (secondary N) is 2. The highest BCUT2D eigenvalue weighted by Crippen LogP contribution is 2.22. The van der Waals surface area contributed by atoms with Gasteiger partial charge in [0.05, 0.1) is 0 Å². The lowest BCUT2D eigenvalue weighted by atomic mass is 9.85. The summed E-state index contributed by atoms with van der Waals surface area (Å²) in [4.78, 5) is 37.1. The highest BCUT2D eigenvalue weighted by atomic mass is 16.2. The van der Waals surface area contributed by atoms with E-state index >= 15 is 0 Å². The Morgan fingerprint density at radius 3 is 2.68 bits per heavy atom. The van der Waals surface area contributed by atoms with Crippen LogP contribution >= 0.6 is 0 Å². The summed E-state index contributed by atoms with van der Waals surface area (Å²) in [5.41, 5.74) is 0. The van der Waals surface area contributed by atoms with Crippen molar-refractivity contribution in [3.63, 3.8) is 0 Å². The van der Waals surface area contributed by atoms with E-state index in [1.54, 1.807) is 18.5 Å². The summed E-state index contributed by atoms with van der Waals surface area (Å²) in [6.07, 6.45) is 6.74. The Bertz CT molecular complexity index is 627. The highest BCUT2D eigenvalue weighted by Gasteiger charge is 2.23. The van der Waals surface area contributed by atoms with E-state index in [0.717, 1.165) is 26.2 Å². The molecule has 2 aliphatic rings. The fraction of sp³-hybridized carbons (Fsp3) is 0.700. The molecule has 2 aliphatic heterocycles. The van der Waals surface area contributed by atoms with Crippen LogP contribution in [0.3, 0.4) is 0 Å². The van der Waals surface area contributed by atoms with E-state index in [2.05, 4.69) is 32.4 Å². The Morgan fingerprint density at radius 2 is 2.00 bits per heavy atom. The monoisotopic (exact) mass is 388 g/mol. The number of hydrogen-bond donors (Lipinski definition) is 2. The number of amides is 2. The van der Waals surface area contributed by atoms with E-state index < -0.39 is 0 Å². The van der Waals surface area contributed by atoms with E-state index in [-0.39, 0.29) is 11.8 Å². The average Bonchev–Trinajstić information content (AvgIpc) is 2.75. The van der Waals surface area contributed by atoms with Gasteiger partial charge in [0, 0.05) is 58.0 Å². The molecule has 2 N–H and O–H groups in total. The maximum absolute atomic E-state index is 12.4. The molecule has 1 aromatic heterocycles. The molecule has 3 heterocycles. The first-order valence-electron chi connectivity index (χ1n) is 10.4. The standard InChI is InChI=1S/C20H32N6O2/c1-16(17-4-2-6-21-15-17)14-18(27)22-9-5-19(28)25-10-12-26(13-11-25)20-23-7-3-8-24-20/h3,7-8,16-17,21H,2,4-6,9-15H2,1H3,(H,22,27). The zero-order valence-electron chi connectivity index (χ0n) is 16.8. The van der Waals surface area contributed by atoms with Gasteiger partial charge in [-0.05, 0) is 43.8 Å². The van der Waals surface area contributed by atoms with Gasteiger partial charge in [-0.2, -0.15) is 0 Å². The smallest absolute Gasteiger partial charge is 0.225 e. The second kappa shape index (κ2) is 10.4. The summed E-state index contributed by atoms with van der Waals surface area (Å²) in [5.74, 6) is 1.81. The third-order valence-corrected chi connectivity index (χ3v) is 5.78. The van der Waals surface area contributed by atoms with Crippen molar-refractivity contribution >= 4 is 17.8 Å². The molecule has 0 bridgehead atoms. The zero-order valence-corrected chi connectivity index (χ0v) is 16.8. The van der Waals surface area contributed by atoms with Crippen molar-refractivity contribution in [2.24, 2.45) is 11.8 Å². The molecule has 0 aromatic carbocycles. The van der Waals surface area contributed by atoms with Crippen LogP contribution in [0.5, 0.6) is 0 Å². The van der Waals surface area contributed by atoms with Gasteiger partial charge >= 0.3 is 0 Å². The van der Waals surface area contributed by atoms with Crippen LogP contribution in [0, 0.1) is 11.8 Å². The summed E-state index contributed by atoms with van der Waals surface area (Å²) in [7, 11) is 0. The maximum atomic E-state index is 12.4. The molecular formula is C20H32N6O2. The Kier molecular flexibility index (Phi) is 7.59. The fourth-order valence-electron chi connectivity index (χ4n) is 3.97. The topological polar surface area (TPSA) is 90.5 Å². The Labute approximate surface area is 167 Å². The summed E-state index contributed by atoms with van der Waals surface area (Å²) in [6, 6.07) is 1.80. The molecule has 1 aromatic rings. The lowest BCUT2D eigenvalue weighted by Crippen LogP contribution is -2.49. The molecule has 3 rings (SSSR count). The van der Waals surface area contributed by atoms with E-state index in [0.29, 0.717) is 50.3 Å². The lowest BCUT2D eigenvalue weighted by Gasteiger charge is -2.34. The quantitative estimate of drug-likeness (QED) is 0.713. The van der Waals surface area contributed by atoms with Crippen molar-refractivity contribution in [1.29, 1.82) is 0 Å². The molecule has 154 valence electrons. The molecule has 2 unspecified atom stereocenters. The minimum atomic E-state index is 0.0527. The van der Waals surface area contributed by atoms with Crippen molar-refractivity contribution in [2.75, 3.05) is 50.7 Å². The van der Waals surface area contributed by atoms with Gasteiger partial charge < -0.3 is 20.4 Å². The predicted octanol–water partition coefficient (Wildman–Crippen LogP) is 0.657. The third kappa shape index (κ3) is 5.89. The van der Waals surface area contributed by atoms with Gasteiger partial charge in [-0.15, -0.1) is 0 Å². The van der Waals surface area contributed by atoms with Crippen LogP contribution in [-0.4, -0.2) is 72.5 Å². The number of carbonyl (C=O) groups excluding carboxylic acids is 2. The molecule has 0 saturated carbocycles. The maximum Gasteiger partial charge on any atom is 0.225 e. The summed E-state index contributed by atoms with van der Waals surface area (Å²) >= 11 is 0. The van der Waals surface area contributed by atoms with Crippen LogP contribution in [0.15, 0.2) is 18.5 Å². The van der Waals surface area contributed by atoms with Crippen LogP contribution in [0.2, 0.25) is 0 Å². The predicted molar refractivity (Wildman–Crippen MR) is 108 cm³/mol. The van der Waals surface area contributed by atoms with E-state index in [1.165, 1.54) is 12.8 Å². The molecule has 8 heteroatoms. The first-order chi connectivity index (χ1) is 13.6. The van der Waals surface area contributed by atoms with Gasteiger partial charge in [-0.25, -0.2) is 9.97 Å². The van der Waals surface area contributed by atoms with Crippen LogP contribution in [0.25, 0.3) is 0 Å². The van der Waals surface area contributed by atoms with Crippen LogP contribution in [0.4, 0.5) is 5.95 Å². The van der Waals surface area contributed by atoms with Crippen molar-refractivity contribution in [1.82, 2.24) is 25.5 Å². The second-order valence-electron chi connectivity index (χ2n) is 7.80. The van der Waals surface area contributed by atoms with Gasteiger partial charge in [0.25, 0.3) is 0 Å². The zero-order chi connectivity index (χ0) is 19.8. The van der Waals surface area contributed by atoms with Crippen LogP contribution in [0.1, 0.15) is 32.6 Å². The molecule has 2 amide bonds. The number of aromatic nitrogens is 2. The molecular weight excluding hydrogens is 356 g/mol. The number of nitrogens with zero attached hydrogens (tertiary/aromatic N) is 4. The first kappa shape index (κ1) is 20.5. The van der Waals surface area contributed by atoms with Crippen molar-refractivity contribution in [3.8, 4) is 0 Å². The SMILES string of the molecule is CC(CC(=O)NCCC(=O)N1CCN(c2ncccn2)CC1)C1CCCNC1. The molecule has 28 heavy (non-hydrogen) atoms. The van der Waals surface area contributed by atoms with Gasteiger partial charge in [-0.1, -0.05) is 6.92 Å². The molecule has 0 radical (unpaired) electrons. The summed E-state index contributed by atoms with van der Waals surface area (Å²) in [5, 5.41) is 6.32. The molecule has 2 atom stereocenters. The Hall–Kier alpha value is -2.22. The number of carbonyl (C=O) groups is 2.